The normalized spacial score (nSPS) is 10.0. The first kappa shape index (κ1) is 15.4. The number of benzene rings is 2. The van der Waals surface area contributed by atoms with E-state index in [1.165, 1.54) is 0 Å². The fourth-order valence-electron chi connectivity index (χ4n) is 1.79. The van der Waals surface area contributed by atoms with Gasteiger partial charge in [0.2, 0.25) is 0 Å². The maximum Gasteiger partial charge on any atom is 0.272 e. The zero-order chi connectivity index (χ0) is 15.4. The Morgan fingerprint density at radius 1 is 0.857 bits per heavy atom. The van der Waals surface area contributed by atoms with Crippen LogP contribution >= 0.6 is 23.2 Å². The van der Waals surface area contributed by atoms with E-state index in [9.17, 15) is 9.59 Å². The van der Waals surface area contributed by atoms with Gasteiger partial charge in [0.05, 0.1) is 15.6 Å². The topological polar surface area (TPSA) is 58.2 Å². The molecule has 0 saturated carbocycles. The molecule has 0 radical (unpaired) electrons. The summed E-state index contributed by atoms with van der Waals surface area (Å²) in [7, 11) is 0. The molecule has 2 aromatic carbocycles. The van der Waals surface area contributed by atoms with Crippen molar-refractivity contribution >= 4 is 35.0 Å². The van der Waals surface area contributed by atoms with Crippen molar-refractivity contribution in [3.05, 3.63) is 69.2 Å². The minimum atomic E-state index is -0.576. The van der Waals surface area contributed by atoms with Crippen molar-refractivity contribution in [3.63, 3.8) is 0 Å². The first-order valence-electron chi connectivity index (χ1n) is 6.11. The molecular formula is C15H12Cl2N2O2. The van der Waals surface area contributed by atoms with Gasteiger partial charge in [0.15, 0.2) is 0 Å². The highest BCUT2D eigenvalue weighted by atomic mass is 35.5. The van der Waals surface area contributed by atoms with E-state index in [-0.39, 0.29) is 15.6 Å². The largest absolute Gasteiger partial charge is 0.272 e. The van der Waals surface area contributed by atoms with E-state index in [4.69, 9.17) is 23.2 Å². The number of hydrazine groups is 1. The molecule has 2 rings (SSSR count). The van der Waals surface area contributed by atoms with Crippen LogP contribution in [0, 0.1) is 6.92 Å². The number of carbonyl (C=O) groups is 2. The molecule has 2 aromatic rings. The molecule has 4 nitrogen and oxygen atoms in total. The Morgan fingerprint density at radius 3 is 2.05 bits per heavy atom. The average Bonchev–Trinajstić information content (AvgIpc) is 2.45. The summed E-state index contributed by atoms with van der Waals surface area (Å²) >= 11 is 11.8. The first-order chi connectivity index (χ1) is 10.0. The lowest BCUT2D eigenvalue weighted by molar-refractivity contribution is 0.0846. The second kappa shape index (κ2) is 6.61. The van der Waals surface area contributed by atoms with Gasteiger partial charge in [-0.3, -0.25) is 20.4 Å². The van der Waals surface area contributed by atoms with Gasteiger partial charge >= 0.3 is 0 Å². The Balaban J connectivity index is 2.08. The molecule has 0 bridgehead atoms. The number of rotatable bonds is 2. The average molecular weight is 323 g/mol. The molecule has 2 N–H and O–H groups in total. The monoisotopic (exact) mass is 322 g/mol. The fourth-order valence-corrected chi connectivity index (χ4v) is 2.35. The summed E-state index contributed by atoms with van der Waals surface area (Å²) in [5, 5.41) is 0.426. The number of halogens is 2. The van der Waals surface area contributed by atoms with Crippen molar-refractivity contribution in [1.82, 2.24) is 10.9 Å². The van der Waals surface area contributed by atoms with E-state index in [2.05, 4.69) is 10.9 Å². The van der Waals surface area contributed by atoms with Crippen molar-refractivity contribution in [2.75, 3.05) is 0 Å². The predicted molar refractivity (Wildman–Crippen MR) is 82.6 cm³/mol. The van der Waals surface area contributed by atoms with Crippen LogP contribution in [0.15, 0.2) is 42.5 Å². The molecule has 21 heavy (non-hydrogen) atoms. The van der Waals surface area contributed by atoms with Gasteiger partial charge in [0, 0.05) is 5.56 Å². The van der Waals surface area contributed by atoms with Crippen LogP contribution in [0.5, 0.6) is 0 Å². The van der Waals surface area contributed by atoms with Gasteiger partial charge < -0.3 is 0 Å². The molecule has 0 heterocycles. The molecule has 0 unspecified atom stereocenters. The molecule has 0 aliphatic carbocycles. The summed E-state index contributed by atoms with van der Waals surface area (Å²) in [6, 6.07) is 11.8. The van der Waals surface area contributed by atoms with Gasteiger partial charge in [-0.1, -0.05) is 47.5 Å². The van der Waals surface area contributed by atoms with Crippen molar-refractivity contribution in [2.24, 2.45) is 0 Å². The van der Waals surface area contributed by atoms with E-state index in [0.717, 1.165) is 5.56 Å². The lowest BCUT2D eigenvalue weighted by Gasteiger charge is -2.10. The minimum absolute atomic E-state index is 0.117. The van der Waals surface area contributed by atoms with E-state index in [0.29, 0.717) is 5.56 Å². The highest BCUT2D eigenvalue weighted by Crippen LogP contribution is 2.23. The molecule has 0 aliphatic heterocycles. The maximum atomic E-state index is 12.0. The van der Waals surface area contributed by atoms with Crippen LogP contribution in [-0.4, -0.2) is 11.8 Å². The van der Waals surface area contributed by atoms with Gasteiger partial charge in [-0.05, 0) is 30.7 Å². The zero-order valence-electron chi connectivity index (χ0n) is 11.1. The fraction of sp³-hybridized carbons (Fsp3) is 0.0667. The number of amides is 2. The van der Waals surface area contributed by atoms with Crippen molar-refractivity contribution in [1.29, 1.82) is 0 Å². The Bertz CT molecular complexity index is 682. The van der Waals surface area contributed by atoms with Crippen LogP contribution in [0.25, 0.3) is 0 Å². The molecule has 0 atom stereocenters. The number of hydrogen-bond donors (Lipinski definition) is 2. The molecule has 0 fully saturated rings. The van der Waals surface area contributed by atoms with Crippen LogP contribution < -0.4 is 10.9 Å². The van der Waals surface area contributed by atoms with Crippen LogP contribution in [0.2, 0.25) is 10.0 Å². The summed E-state index contributed by atoms with van der Waals surface area (Å²) in [4.78, 5) is 24.0. The first-order valence-corrected chi connectivity index (χ1v) is 6.86. The van der Waals surface area contributed by atoms with Crippen molar-refractivity contribution < 1.29 is 9.59 Å². The molecule has 6 heteroatoms. The van der Waals surface area contributed by atoms with Crippen LogP contribution in [0.1, 0.15) is 26.3 Å². The van der Waals surface area contributed by atoms with Crippen molar-refractivity contribution in [2.45, 2.75) is 6.92 Å². The Labute approximate surface area is 132 Å². The quantitative estimate of drug-likeness (QED) is 0.833. The van der Waals surface area contributed by atoms with E-state index in [1.807, 2.05) is 19.1 Å². The smallest absolute Gasteiger partial charge is 0.267 e. The van der Waals surface area contributed by atoms with Gasteiger partial charge in [0.1, 0.15) is 0 Å². The van der Waals surface area contributed by atoms with E-state index >= 15 is 0 Å². The molecule has 0 aromatic heterocycles. The standard InChI is InChI=1S/C15H12Cl2N2O2/c1-9-5-2-3-6-10(9)14(20)18-19-15(21)13-11(16)7-4-8-12(13)17/h2-8H,1H3,(H,18,20)(H,19,21). The summed E-state index contributed by atoms with van der Waals surface area (Å²) < 4.78 is 0. The van der Waals surface area contributed by atoms with Crippen LogP contribution in [-0.2, 0) is 0 Å². The number of aryl methyl sites for hydroxylation is 1. The summed E-state index contributed by atoms with van der Waals surface area (Å²) in [5.74, 6) is -0.989. The lowest BCUT2D eigenvalue weighted by Crippen LogP contribution is -2.42. The van der Waals surface area contributed by atoms with Gasteiger partial charge in [-0.15, -0.1) is 0 Å². The van der Waals surface area contributed by atoms with E-state index < -0.39 is 11.8 Å². The third-order valence-electron chi connectivity index (χ3n) is 2.87. The van der Waals surface area contributed by atoms with Crippen LogP contribution in [0.4, 0.5) is 0 Å². The van der Waals surface area contributed by atoms with E-state index in [1.54, 1.807) is 30.3 Å². The Hall–Kier alpha value is -2.04. The molecule has 0 spiro atoms. The second-order valence-electron chi connectivity index (χ2n) is 4.32. The molecule has 2 amide bonds. The summed E-state index contributed by atoms with van der Waals surface area (Å²) in [6.07, 6.45) is 0. The highest BCUT2D eigenvalue weighted by molar-refractivity contribution is 6.39. The molecule has 0 saturated heterocycles. The van der Waals surface area contributed by atoms with Gasteiger partial charge in [0.25, 0.3) is 11.8 Å². The zero-order valence-corrected chi connectivity index (χ0v) is 12.6. The summed E-state index contributed by atoms with van der Waals surface area (Å²) in [5.41, 5.74) is 6.03. The third kappa shape index (κ3) is 3.54. The summed E-state index contributed by atoms with van der Waals surface area (Å²) in [6.45, 7) is 1.81. The van der Waals surface area contributed by atoms with Gasteiger partial charge in [-0.25, -0.2) is 0 Å². The number of nitrogens with one attached hydrogen (secondary N) is 2. The number of hydrogen-bond acceptors (Lipinski definition) is 2. The predicted octanol–water partition coefficient (Wildman–Crippen LogP) is 3.38. The highest BCUT2D eigenvalue weighted by Gasteiger charge is 2.15. The SMILES string of the molecule is Cc1ccccc1C(=O)NNC(=O)c1c(Cl)cccc1Cl. The third-order valence-corrected chi connectivity index (χ3v) is 3.50. The lowest BCUT2D eigenvalue weighted by atomic mass is 10.1. The van der Waals surface area contributed by atoms with Crippen molar-refractivity contribution in [3.8, 4) is 0 Å². The Kier molecular flexibility index (Phi) is 4.83. The maximum absolute atomic E-state index is 12.0. The molecular weight excluding hydrogens is 311 g/mol. The van der Waals surface area contributed by atoms with Crippen LogP contribution in [0.3, 0.4) is 0 Å². The molecule has 0 aliphatic rings. The van der Waals surface area contributed by atoms with Gasteiger partial charge in [-0.2, -0.15) is 0 Å². The number of carbonyl (C=O) groups excluding carboxylic acids is 2. The Morgan fingerprint density at radius 2 is 1.43 bits per heavy atom. The second-order valence-corrected chi connectivity index (χ2v) is 5.13. The minimum Gasteiger partial charge on any atom is -0.267 e. The molecule has 108 valence electrons.